The fourth-order valence-corrected chi connectivity index (χ4v) is 15.0. The summed E-state index contributed by atoms with van der Waals surface area (Å²) in [5.74, 6) is 1.68. The predicted molar refractivity (Wildman–Crippen MR) is 220 cm³/mol. The van der Waals surface area contributed by atoms with Crippen LogP contribution in [0.3, 0.4) is 0 Å². The standard InChI is InChI=1S/C41H69NO6Si3/c1-29(2)51(30(3)4,31(5)6)47-33-25-22-32(23-26-33)24-27-34(46-50(16,17)40(10,11)12)28-41(48-49(13,14)15)35-20-18-19-21-36(35)42(37(41)43)38(44)45-39(7,8)9/h18-23,25-27,29-31,37,43H,24,28H2,1-17H3/b34-27-. The number of aliphatic hydroxyl groups excluding tert-OH is 1. The van der Waals surface area contributed by atoms with Crippen molar-refractivity contribution < 1.29 is 27.9 Å². The van der Waals surface area contributed by atoms with Crippen LogP contribution in [0.5, 0.6) is 5.75 Å². The third-order valence-corrected chi connectivity index (χ3v) is 21.8. The molecule has 2 aromatic rings. The number of nitrogens with zero attached hydrogens (tertiary/aromatic N) is 1. The zero-order chi connectivity index (χ0) is 39.0. The Morgan fingerprint density at radius 1 is 0.863 bits per heavy atom. The van der Waals surface area contributed by atoms with Crippen LogP contribution in [0.4, 0.5) is 10.5 Å². The number of fused-ring (bicyclic) bond motifs is 1. The van der Waals surface area contributed by atoms with Crippen LogP contribution in [0.15, 0.2) is 60.4 Å². The van der Waals surface area contributed by atoms with E-state index in [1.165, 1.54) is 4.90 Å². The van der Waals surface area contributed by atoms with E-state index in [1.807, 2.05) is 45.0 Å². The van der Waals surface area contributed by atoms with E-state index in [2.05, 4.69) is 125 Å². The summed E-state index contributed by atoms with van der Waals surface area (Å²) in [5.41, 5.74) is 1.94. The molecule has 0 aromatic heterocycles. The third-order valence-electron chi connectivity index (χ3n) is 10.5. The number of amides is 1. The number of hydrogen-bond donors (Lipinski definition) is 1. The van der Waals surface area contributed by atoms with Gasteiger partial charge in [-0.3, -0.25) is 0 Å². The van der Waals surface area contributed by atoms with Crippen molar-refractivity contribution in [2.75, 3.05) is 4.90 Å². The van der Waals surface area contributed by atoms with E-state index < -0.39 is 48.5 Å². The molecule has 0 fully saturated rings. The molecule has 7 nitrogen and oxygen atoms in total. The summed E-state index contributed by atoms with van der Waals surface area (Å²) in [7, 11) is -6.75. The third kappa shape index (κ3) is 9.79. The fourth-order valence-electron chi connectivity index (χ4n) is 7.28. The monoisotopic (exact) mass is 755 g/mol. The van der Waals surface area contributed by atoms with Gasteiger partial charge in [-0.2, -0.15) is 0 Å². The maximum atomic E-state index is 13.7. The van der Waals surface area contributed by atoms with Gasteiger partial charge in [0.05, 0.1) is 11.4 Å². The van der Waals surface area contributed by atoms with Crippen molar-refractivity contribution in [2.24, 2.45) is 0 Å². The molecule has 0 saturated heterocycles. The van der Waals surface area contributed by atoms with E-state index >= 15 is 0 Å². The lowest BCUT2D eigenvalue weighted by molar-refractivity contribution is -0.0612. The van der Waals surface area contributed by atoms with Crippen molar-refractivity contribution in [2.45, 2.75) is 168 Å². The Morgan fingerprint density at radius 3 is 1.86 bits per heavy atom. The second-order valence-corrected chi connectivity index (χ2v) is 33.4. The molecule has 3 rings (SSSR count). The lowest BCUT2D eigenvalue weighted by Gasteiger charge is -2.43. The molecule has 1 aliphatic heterocycles. The first-order chi connectivity index (χ1) is 23.2. The zero-order valence-corrected chi connectivity index (χ0v) is 37.9. The Morgan fingerprint density at radius 2 is 1.39 bits per heavy atom. The Labute approximate surface area is 313 Å². The highest BCUT2D eigenvalue weighted by Gasteiger charge is 2.57. The van der Waals surface area contributed by atoms with Crippen molar-refractivity contribution in [3.8, 4) is 5.75 Å². The molecule has 2 aromatic carbocycles. The van der Waals surface area contributed by atoms with Crippen LogP contribution in [0, 0.1) is 0 Å². The SMILES string of the molecule is CC(C)[Si](Oc1ccc(C/C=C(/CC2(O[Si](C)(C)C)c3ccccc3N(C(=O)OC(C)(C)C)C2O)O[Si](C)(C)C(C)(C)C)cc1)(C(C)C)C(C)C. The predicted octanol–water partition coefficient (Wildman–Crippen LogP) is 11.9. The summed E-state index contributed by atoms with van der Waals surface area (Å²) >= 11 is 0. The summed E-state index contributed by atoms with van der Waals surface area (Å²) in [6.07, 6.45) is 1.09. The normalized spacial score (nSPS) is 19.2. The quantitative estimate of drug-likeness (QED) is 0.162. The second-order valence-electron chi connectivity index (χ2n) is 18.8. The molecule has 51 heavy (non-hydrogen) atoms. The van der Waals surface area contributed by atoms with E-state index in [-0.39, 0.29) is 11.5 Å². The minimum atomic E-state index is -2.34. The first-order valence-corrected chi connectivity index (χ1v) is 27.3. The molecular formula is C41H69NO6Si3. The van der Waals surface area contributed by atoms with E-state index in [1.54, 1.807) is 0 Å². The van der Waals surface area contributed by atoms with E-state index in [0.717, 1.165) is 22.6 Å². The second kappa shape index (κ2) is 15.5. The van der Waals surface area contributed by atoms with Crippen molar-refractivity contribution >= 4 is 36.7 Å². The van der Waals surface area contributed by atoms with Crippen LogP contribution in [0.25, 0.3) is 0 Å². The number of hydrogen-bond acceptors (Lipinski definition) is 6. The lowest BCUT2D eigenvalue weighted by atomic mass is 9.90. The number of anilines is 1. The van der Waals surface area contributed by atoms with Gasteiger partial charge < -0.3 is 23.1 Å². The zero-order valence-electron chi connectivity index (χ0n) is 34.9. The van der Waals surface area contributed by atoms with Gasteiger partial charge in [0, 0.05) is 12.0 Å². The fraction of sp³-hybridized carbons (Fsp3) is 0.634. The van der Waals surface area contributed by atoms with E-state index in [9.17, 15) is 9.90 Å². The number of rotatable bonds is 13. The maximum Gasteiger partial charge on any atom is 0.417 e. The van der Waals surface area contributed by atoms with Crippen LogP contribution in [-0.2, 0) is 25.6 Å². The highest BCUT2D eigenvalue weighted by Crippen LogP contribution is 2.52. The highest BCUT2D eigenvalue weighted by atomic mass is 28.4. The molecule has 0 bridgehead atoms. The minimum Gasteiger partial charge on any atom is -0.547 e. The van der Waals surface area contributed by atoms with Gasteiger partial charge in [-0.15, -0.1) is 0 Å². The molecule has 1 N–H and O–H groups in total. The number of benzene rings is 2. The summed E-state index contributed by atoms with van der Waals surface area (Å²) < 4.78 is 26.9. The van der Waals surface area contributed by atoms with Gasteiger partial charge >= 0.3 is 6.09 Å². The van der Waals surface area contributed by atoms with E-state index in [4.69, 9.17) is 18.0 Å². The summed E-state index contributed by atoms with van der Waals surface area (Å²) in [6.45, 7) is 36.8. The Bertz CT molecular complexity index is 1490. The van der Waals surface area contributed by atoms with Gasteiger partial charge in [0.25, 0.3) is 8.32 Å². The number of allylic oxidation sites excluding steroid dienone is 1. The highest BCUT2D eigenvalue weighted by molar-refractivity contribution is 6.78. The van der Waals surface area contributed by atoms with Crippen LogP contribution in [0.1, 0.15) is 101 Å². The maximum absolute atomic E-state index is 13.7. The molecule has 1 amide bonds. The van der Waals surface area contributed by atoms with Gasteiger partial charge in [-0.25, -0.2) is 9.69 Å². The first kappa shape index (κ1) is 43.0. The minimum absolute atomic E-state index is 0.0632. The van der Waals surface area contributed by atoms with Crippen LogP contribution >= 0.6 is 0 Å². The summed E-state index contributed by atoms with van der Waals surface area (Å²) in [5, 5.41) is 12.3. The summed E-state index contributed by atoms with van der Waals surface area (Å²) in [6, 6.07) is 16.1. The molecule has 1 heterocycles. The van der Waals surface area contributed by atoms with Gasteiger partial charge in [-0.1, -0.05) is 92.6 Å². The molecule has 2 atom stereocenters. The number of para-hydroxylation sites is 1. The topological polar surface area (TPSA) is 77.5 Å². The largest absolute Gasteiger partial charge is 0.547 e. The molecule has 0 saturated carbocycles. The van der Waals surface area contributed by atoms with Gasteiger partial charge in [0.15, 0.2) is 14.5 Å². The van der Waals surface area contributed by atoms with Crippen molar-refractivity contribution in [3.63, 3.8) is 0 Å². The Hall–Kier alpha value is -2.38. The van der Waals surface area contributed by atoms with E-state index in [0.29, 0.717) is 28.7 Å². The van der Waals surface area contributed by atoms with Crippen molar-refractivity contribution in [3.05, 3.63) is 71.5 Å². The first-order valence-electron chi connectivity index (χ1n) is 18.8. The Kier molecular flexibility index (Phi) is 13.1. The van der Waals surface area contributed by atoms with Crippen LogP contribution < -0.4 is 9.33 Å². The number of carbonyl (C=O) groups is 1. The molecule has 0 aliphatic carbocycles. The summed E-state index contributed by atoms with van der Waals surface area (Å²) in [4.78, 5) is 15.1. The molecule has 286 valence electrons. The smallest absolute Gasteiger partial charge is 0.417 e. The Balaban J connectivity index is 2.12. The molecule has 0 radical (unpaired) electrons. The lowest BCUT2D eigenvalue weighted by Crippen LogP contribution is -2.54. The molecule has 10 heteroatoms. The van der Waals surface area contributed by atoms with Gasteiger partial charge in [0.1, 0.15) is 17.0 Å². The van der Waals surface area contributed by atoms with Crippen molar-refractivity contribution in [1.29, 1.82) is 0 Å². The van der Waals surface area contributed by atoms with Gasteiger partial charge in [-0.05, 0) is 111 Å². The molecule has 1 aliphatic rings. The number of carbonyl (C=O) groups excluding carboxylic acids is 1. The number of ether oxygens (including phenoxy) is 1. The van der Waals surface area contributed by atoms with Crippen LogP contribution in [-0.4, -0.2) is 48.0 Å². The van der Waals surface area contributed by atoms with Gasteiger partial charge in [0.2, 0.25) is 8.32 Å². The average molecular weight is 756 g/mol. The van der Waals surface area contributed by atoms with Crippen LogP contribution in [0.2, 0.25) is 54.4 Å². The van der Waals surface area contributed by atoms with Crippen molar-refractivity contribution in [1.82, 2.24) is 0 Å². The molecular weight excluding hydrogens is 687 g/mol. The molecule has 0 spiro atoms. The average Bonchev–Trinajstić information content (AvgIpc) is 3.19. The molecule has 2 unspecified atom stereocenters. The number of aliphatic hydroxyl groups is 1.